The number of hydrogen-bond donors (Lipinski definition) is 6. The smallest absolute Gasteiger partial charge is 0.408 e. The van der Waals surface area contributed by atoms with E-state index in [2.05, 4.69) is 16.0 Å². The third-order valence-corrected chi connectivity index (χ3v) is 6.20. The highest BCUT2D eigenvalue weighted by molar-refractivity contribution is 5.94. The Morgan fingerprint density at radius 1 is 0.732 bits per heavy atom. The molecule has 3 rings (SSSR count). The quantitative estimate of drug-likeness (QED) is 0.182. The number of carbonyl (C=O) groups is 4. The molecule has 11 nitrogen and oxygen atoms in total. The lowest BCUT2D eigenvalue weighted by atomic mass is 10.0. The molecule has 0 unspecified atom stereocenters. The van der Waals surface area contributed by atoms with E-state index in [1.54, 1.807) is 48.5 Å². The van der Waals surface area contributed by atoms with Gasteiger partial charge in [0.1, 0.15) is 30.5 Å². The van der Waals surface area contributed by atoms with Crippen molar-refractivity contribution in [3.05, 3.63) is 102 Å². The average Bonchev–Trinajstić information content (AvgIpc) is 2.95. The highest BCUT2D eigenvalue weighted by Gasteiger charge is 2.31. The van der Waals surface area contributed by atoms with Crippen molar-refractivity contribution in [3.8, 4) is 5.75 Å². The number of rotatable bonds is 13. The van der Waals surface area contributed by atoms with Crippen LogP contribution in [-0.2, 0) is 38.6 Å². The summed E-state index contributed by atoms with van der Waals surface area (Å²) < 4.78 is 5.30. The molecule has 0 bridgehead atoms. The summed E-state index contributed by atoms with van der Waals surface area (Å²) in [6.07, 6.45) is -2.04. The number of phenolic OH excluding ortho intramolecular Hbond substituents is 1. The van der Waals surface area contributed by atoms with E-state index >= 15 is 0 Å². The topological polar surface area (TPSA) is 180 Å². The molecular formula is C30H34N4O7. The summed E-state index contributed by atoms with van der Waals surface area (Å²) in [6.45, 7) is 1.29. The molecule has 0 saturated heterocycles. The highest BCUT2D eigenvalue weighted by atomic mass is 16.5. The molecule has 3 aromatic rings. The van der Waals surface area contributed by atoms with Gasteiger partial charge in [0.15, 0.2) is 0 Å². The number of aromatic hydroxyl groups is 1. The summed E-state index contributed by atoms with van der Waals surface area (Å²) in [5, 5.41) is 27.1. The Kier molecular flexibility index (Phi) is 11.2. The molecule has 0 saturated carbocycles. The van der Waals surface area contributed by atoms with Crippen molar-refractivity contribution in [1.82, 2.24) is 16.0 Å². The number of benzene rings is 3. The van der Waals surface area contributed by atoms with E-state index in [0.29, 0.717) is 5.56 Å². The van der Waals surface area contributed by atoms with E-state index in [-0.39, 0.29) is 25.2 Å². The zero-order valence-corrected chi connectivity index (χ0v) is 22.5. The molecule has 0 radical (unpaired) electrons. The zero-order chi connectivity index (χ0) is 29.8. The fourth-order valence-corrected chi connectivity index (χ4v) is 4.00. The van der Waals surface area contributed by atoms with Gasteiger partial charge in [-0.05, 0) is 35.7 Å². The van der Waals surface area contributed by atoms with Crippen molar-refractivity contribution in [1.29, 1.82) is 0 Å². The minimum Gasteiger partial charge on any atom is -0.508 e. The number of nitrogens with two attached hydrogens (primary N) is 1. The molecule has 0 spiro atoms. The number of carbonyl (C=O) groups excluding carboxylic acids is 4. The highest BCUT2D eigenvalue weighted by Crippen LogP contribution is 2.13. The number of amides is 4. The Balaban J connectivity index is 1.80. The van der Waals surface area contributed by atoms with Gasteiger partial charge < -0.3 is 36.6 Å². The number of primary amides is 1. The van der Waals surface area contributed by atoms with Crippen LogP contribution in [0, 0.1) is 0 Å². The molecule has 11 heteroatoms. The van der Waals surface area contributed by atoms with Crippen LogP contribution in [0.25, 0.3) is 0 Å². The number of hydrogen-bond acceptors (Lipinski definition) is 7. The number of ether oxygens (including phenoxy) is 1. The lowest BCUT2D eigenvalue weighted by Gasteiger charge is -2.25. The first kappa shape index (κ1) is 30.6. The Morgan fingerprint density at radius 2 is 1.22 bits per heavy atom. The van der Waals surface area contributed by atoms with Gasteiger partial charge in [-0.2, -0.15) is 0 Å². The monoisotopic (exact) mass is 562 g/mol. The number of alkyl carbamates (subject to hydrolysis) is 1. The molecule has 3 aromatic carbocycles. The van der Waals surface area contributed by atoms with Gasteiger partial charge in [-0.3, -0.25) is 14.4 Å². The van der Waals surface area contributed by atoms with E-state index in [4.69, 9.17) is 10.5 Å². The third-order valence-electron chi connectivity index (χ3n) is 6.20. The van der Waals surface area contributed by atoms with Crippen molar-refractivity contribution in [2.45, 2.75) is 50.6 Å². The Bertz CT molecular complexity index is 1300. The summed E-state index contributed by atoms with van der Waals surface area (Å²) in [7, 11) is 0. The second-order valence-corrected chi connectivity index (χ2v) is 9.51. The fourth-order valence-electron chi connectivity index (χ4n) is 4.00. The lowest BCUT2D eigenvalue weighted by molar-refractivity contribution is -0.133. The number of aliphatic hydroxyl groups is 1. The van der Waals surface area contributed by atoms with Crippen LogP contribution in [0.2, 0.25) is 0 Å². The molecule has 41 heavy (non-hydrogen) atoms. The van der Waals surface area contributed by atoms with Crippen LogP contribution in [-0.4, -0.2) is 58.3 Å². The number of nitrogens with one attached hydrogen (secondary N) is 3. The van der Waals surface area contributed by atoms with Crippen molar-refractivity contribution in [2.24, 2.45) is 5.73 Å². The normalized spacial score (nSPS) is 13.6. The maximum Gasteiger partial charge on any atom is 0.408 e. The molecule has 216 valence electrons. The maximum atomic E-state index is 13.5. The second-order valence-electron chi connectivity index (χ2n) is 9.51. The summed E-state index contributed by atoms with van der Waals surface area (Å²) in [5.41, 5.74) is 7.43. The van der Waals surface area contributed by atoms with Crippen molar-refractivity contribution in [2.75, 3.05) is 0 Å². The van der Waals surface area contributed by atoms with Gasteiger partial charge >= 0.3 is 6.09 Å². The Morgan fingerprint density at radius 3 is 1.76 bits per heavy atom. The molecule has 4 atom stereocenters. The van der Waals surface area contributed by atoms with Gasteiger partial charge in [-0.25, -0.2) is 4.79 Å². The maximum absolute atomic E-state index is 13.5. The van der Waals surface area contributed by atoms with Crippen LogP contribution < -0.4 is 21.7 Å². The molecule has 0 aliphatic rings. The average molecular weight is 563 g/mol. The van der Waals surface area contributed by atoms with E-state index in [9.17, 15) is 29.4 Å². The predicted molar refractivity (Wildman–Crippen MR) is 150 cm³/mol. The summed E-state index contributed by atoms with van der Waals surface area (Å²) in [6, 6.07) is 20.3. The molecule has 7 N–H and O–H groups in total. The predicted octanol–water partition coefficient (Wildman–Crippen LogP) is 1.31. The van der Waals surface area contributed by atoms with Crippen LogP contribution in [0.4, 0.5) is 4.79 Å². The van der Waals surface area contributed by atoms with Crippen LogP contribution in [0.15, 0.2) is 84.9 Å². The van der Waals surface area contributed by atoms with Crippen molar-refractivity contribution < 1.29 is 34.1 Å². The summed E-state index contributed by atoms with van der Waals surface area (Å²) >= 11 is 0. The molecule has 0 aliphatic carbocycles. The molecule has 0 aromatic heterocycles. The fraction of sp³-hybridized carbons (Fsp3) is 0.267. The van der Waals surface area contributed by atoms with Crippen molar-refractivity contribution in [3.63, 3.8) is 0 Å². The summed E-state index contributed by atoms with van der Waals surface area (Å²) in [5.74, 6) is -2.39. The lowest BCUT2D eigenvalue weighted by Crippen LogP contribution is -2.59. The van der Waals surface area contributed by atoms with E-state index in [0.717, 1.165) is 11.1 Å². The molecule has 0 fully saturated rings. The van der Waals surface area contributed by atoms with Gasteiger partial charge in [-0.1, -0.05) is 72.8 Å². The number of phenols is 1. The Labute approximate surface area is 237 Å². The summed E-state index contributed by atoms with van der Waals surface area (Å²) in [4.78, 5) is 51.2. The molecule has 0 aliphatic heterocycles. The van der Waals surface area contributed by atoms with Crippen LogP contribution in [0.3, 0.4) is 0 Å². The molecule has 0 heterocycles. The minimum absolute atomic E-state index is 0.00785. The van der Waals surface area contributed by atoms with Crippen LogP contribution in [0.1, 0.15) is 23.6 Å². The van der Waals surface area contributed by atoms with E-state index < -0.39 is 48.0 Å². The van der Waals surface area contributed by atoms with Crippen LogP contribution >= 0.6 is 0 Å². The largest absolute Gasteiger partial charge is 0.508 e. The molecular weight excluding hydrogens is 528 g/mol. The minimum atomic E-state index is -1.40. The van der Waals surface area contributed by atoms with Gasteiger partial charge in [-0.15, -0.1) is 0 Å². The zero-order valence-electron chi connectivity index (χ0n) is 22.5. The van der Waals surface area contributed by atoms with Gasteiger partial charge in [0, 0.05) is 12.8 Å². The third kappa shape index (κ3) is 9.97. The number of aliphatic hydroxyl groups excluding tert-OH is 1. The SMILES string of the molecule is C[C@H](O)[C@H](NC(=O)[C@H](Cc1ccc(O)cc1)NC(=O)[C@@H](Cc1ccccc1)NC(=O)OCc1ccccc1)C(N)=O. The van der Waals surface area contributed by atoms with Gasteiger partial charge in [0.05, 0.1) is 6.10 Å². The first-order valence-electron chi connectivity index (χ1n) is 13.0. The van der Waals surface area contributed by atoms with Gasteiger partial charge in [0.25, 0.3) is 0 Å². The van der Waals surface area contributed by atoms with Crippen molar-refractivity contribution >= 4 is 23.8 Å². The second kappa shape index (κ2) is 15.0. The first-order valence-corrected chi connectivity index (χ1v) is 13.0. The van der Waals surface area contributed by atoms with Crippen LogP contribution in [0.5, 0.6) is 5.75 Å². The Hall–Kier alpha value is -4.90. The molecule has 4 amide bonds. The standard InChI is InChI=1S/C30H34N4O7/c1-19(35)26(27(31)37)34-29(39)24(17-21-12-14-23(36)15-13-21)32-28(38)25(16-20-8-4-2-5-9-20)33-30(40)41-18-22-10-6-3-7-11-22/h2-15,19,24-26,35-36H,16-18H2,1H3,(H2,31,37)(H,32,38)(H,33,40)(H,34,39)/t19-,24-,25+,26-/m0/s1. The first-order chi connectivity index (χ1) is 19.6. The van der Waals surface area contributed by atoms with E-state index in [1.807, 2.05) is 24.3 Å². The van der Waals surface area contributed by atoms with E-state index in [1.165, 1.54) is 19.1 Å². The van der Waals surface area contributed by atoms with Gasteiger partial charge in [0.2, 0.25) is 17.7 Å².